The number of aryl methyl sites for hydroxylation is 1. The molecule has 0 heterocycles. The van der Waals surface area contributed by atoms with Crippen molar-refractivity contribution >= 4 is 0 Å². The molecule has 0 aliphatic rings. The second-order valence-electron chi connectivity index (χ2n) is 6.34. The number of aliphatic hydroxyl groups is 1. The van der Waals surface area contributed by atoms with Crippen molar-refractivity contribution in [2.45, 2.75) is 31.9 Å². The molecule has 0 bridgehead atoms. The van der Waals surface area contributed by atoms with E-state index in [9.17, 15) is 5.11 Å². The van der Waals surface area contributed by atoms with Gasteiger partial charge < -0.3 is 10.0 Å². The van der Waals surface area contributed by atoms with Crippen molar-refractivity contribution < 1.29 is 5.11 Å². The van der Waals surface area contributed by atoms with Crippen LogP contribution in [0.4, 0.5) is 0 Å². The lowest BCUT2D eigenvalue weighted by molar-refractivity contribution is -0.0558. The maximum Gasteiger partial charge on any atom is 0.133 e. The Labute approximate surface area is 128 Å². The van der Waals surface area contributed by atoms with Crippen molar-refractivity contribution in [3.63, 3.8) is 0 Å². The largest absolute Gasteiger partial charge is 0.378 e. The molecule has 2 nitrogen and oxygen atoms in total. The minimum absolute atomic E-state index is 0.458. The van der Waals surface area contributed by atoms with Gasteiger partial charge in [-0.1, -0.05) is 54.6 Å². The Hall–Kier alpha value is -1.64. The van der Waals surface area contributed by atoms with Gasteiger partial charge in [-0.2, -0.15) is 0 Å². The van der Waals surface area contributed by atoms with Crippen LogP contribution in [0.3, 0.4) is 0 Å². The minimum Gasteiger partial charge on any atom is -0.378 e. The van der Waals surface area contributed by atoms with Gasteiger partial charge in [0, 0.05) is 0 Å². The molecular formula is C19H25NO. The summed E-state index contributed by atoms with van der Waals surface area (Å²) in [5.74, 6) is 0. The third-order valence-corrected chi connectivity index (χ3v) is 4.73. The van der Waals surface area contributed by atoms with Gasteiger partial charge in [0.05, 0.1) is 5.54 Å². The van der Waals surface area contributed by atoms with E-state index in [0.717, 1.165) is 16.7 Å². The van der Waals surface area contributed by atoms with Gasteiger partial charge >= 0.3 is 0 Å². The van der Waals surface area contributed by atoms with Crippen molar-refractivity contribution in [3.05, 3.63) is 71.3 Å². The highest BCUT2D eigenvalue weighted by Crippen LogP contribution is 2.42. The van der Waals surface area contributed by atoms with Crippen molar-refractivity contribution in [3.8, 4) is 0 Å². The summed E-state index contributed by atoms with van der Waals surface area (Å²) in [7, 11) is 4.01. The Morgan fingerprint density at radius 1 is 0.857 bits per heavy atom. The van der Waals surface area contributed by atoms with Crippen LogP contribution in [0.25, 0.3) is 0 Å². The van der Waals surface area contributed by atoms with Crippen molar-refractivity contribution in [2.75, 3.05) is 14.1 Å². The van der Waals surface area contributed by atoms with Gasteiger partial charge in [-0.3, -0.25) is 0 Å². The lowest BCUT2D eigenvalue weighted by Gasteiger charge is -2.48. The second kappa shape index (κ2) is 5.63. The van der Waals surface area contributed by atoms with Crippen LogP contribution < -0.4 is 0 Å². The lowest BCUT2D eigenvalue weighted by atomic mass is 9.70. The quantitative estimate of drug-likeness (QED) is 0.927. The molecule has 0 aliphatic heterocycles. The standard InChI is InChI=1S/C19H25NO/c1-15-11-9-10-14-17(15)19(21,18(2,3)20(4)5)16-12-7-6-8-13-16/h6-14,21H,1-5H3. The molecule has 0 spiro atoms. The average molecular weight is 283 g/mol. The first-order valence-corrected chi connectivity index (χ1v) is 7.33. The molecule has 21 heavy (non-hydrogen) atoms. The molecule has 0 saturated heterocycles. The fourth-order valence-corrected chi connectivity index (χ4v) is 2.82. The average Bonchev–Trinajstić information content (AvgIpc) is 2.47. The molecule has 0 saturated carbocycles. The van der Waals surface area contributed by atoms with Crippen LogP contribution in [-0.2, 0) is 5.60 Å². The highest BCUT2D eigenvalue weighted by Gasteiger charge is 2.48. The first kappa shape index (κ1) is 15.7. The van der Waals surface area contributed by atoms with E-state index in [4.69, 9.17) is 0 Å². The van der Waals surface area contributed by atoms with E-state index in [-0.39, 0.29) is 0 Å². The third kappa shape index (κ3) is 2.50. The van der Waals surface area contributed by atoms with Crippen molar-refractivity contribution in [2.24, 2.45) is 0 Å². The molecule has 0 fully saturated rings. The molecule has 112 valence electrons. The fourth-order valence-electron chi connectivity index (χ4n) is 2.82. The summed E-state index contributed by atoms with van der Waals surface area (Å²) in [6.07, 6.45) is 0. The van der Waals surface area contributed by atoms with Crippen molar-refractivity contribution in [1.82, 2.24) is 4.90 Å². The van der Waals surface area contributed by atoms with Crippen molar-refractivity contribution in [1.29, 1.82) is 0 Å². The number of nitrogens with zero attached hydrogens (tertiary/aromatic N) is 1. The first-order chi connectivity index (χ1) is 9.81. The Morgan fingerprint density at radius 2 is 1.38 bits per heavy atom. The van der Waals surface area contributed by atoms with E-state index >= 15 is 0 Å². The molecule has 2 aromatic carbocycles. The SMILES string of the molecule is Cc1ccccc1C(O)(c1ccccc1)C(C)(C)N(C)C. The molecule has 0 amide bonds. The molecular weight excluding hydrogens is 258 g/mol. The van der Waals surface area contributed by atoms with Crippen LogP contribution in [0.1, 0.15) is 30.5 Å². The van der Waals surface area contributed by atoms with Gasteiger partial charge in [-0.25, -0.2) is 0 Å². The summed E-state index contributed by atoms with van der Waals surface area (Å²) >= 11 is 0. The van der Waals surface area contributed by atoms with E-state index in [2.05, 4.69) is 31.7 Å². The molecule has 0 aromatic heterocycles. The number of hydrogen-bond acceptors (Lipinski definition) is 2. The summed E-state index contributed by atoms with van der Waals surface area (Å²) in [6.45, 7) is 6.20. The van der Waals surface area contributed by atoms with E-state index in [0.29, 0.717) is 0 Å². The fraction of sp³-hybridized carbons (Fsp3) is 0.368. The Morgan fingerprint density at radius 3 is 1.90 bits per heavy atom. The predicted molar refractivity (Wildman–Crippen MR) is 88.4 cm³/mol. The first-order valence-electron chi connectivity index (χ1n) is 7.33. The van der Waals surface area contributed by atoms with Gasteiger partial charge in [-0.15, -0.1) is 0 Å². The normalized spacial score (nSPS) is 15.0. The van der Waals surface area contributed by atoms with Gasteiger partial charge in [0.2, 0.25) is 0 Å². The Bertz CT molecular complexity index is 604. The van der Waals surface area contributed by atoms with Crippen LogP contribution >= 0.6 is 0 Å². The number of benzene rings is 2. The van der Waals surface area contributed by atoms with Gasteiger partial charge in [0.25, 0.3) is 0 Å². The van der Waals surface area contributed by atoms with E-state index in [1.165, 1.54) is 0 Å². The smallest absolute Gasteiger partial charge is 0.133 e. The molecule has 0 radical (unpaired) electrons. The molecule has 1 unspecified atom stereocenters. The highest BCUT2D eigenvalue weighted by molar-refractivity contribution is 5.44. The minimum atomic E-state index is -1.08. The molecule has 2 heteroatoms. The summed E-state index contributed by atoms with van der Waals surface area (Å²) in [5.41, 5.74) is 1.43. The van der Waals surface area contributed by atoms with Gasteiger partial charge in [-0.05, 0) is 51.6 Å². The zero-order chi connectivity index (χ0) is 15.7. The topological polar surface area (TPSA) is 23.5 Å². The molecule has 0 aliphatic carbocycles. The van der Waals surface area contributed by atoms with Crippen LogP contribution in [0.2, 0.25) is 0 Å². The molecule has 1 N–H and O–H groups in total. The molecule has 2 rings (SSSR count). The maximum absolute atomic E-state index is 11.8. The van der Waals surface area contributed by atoms with Crippen LogP contribution in [0, 0.1) is 6.92 Å². The zero-order valence-corrected chi connectivity index (χ0v) is 13.6. The zero-order valence-electron chi connectivity index (χ0n) is 13.6. The van der Waals surface area contributed by atoms with E-state index in [1.807, 2.05) is 62.6 Å². The molecule has 2 aromatic rings. The van der Waals surface area contributed by atoms with Crippen LogP contribution in [-0.4, -0.2) is 29.6 Å². The second-order valence-corrected chi connectivity index (χ2v) is 6.34. The Balaban J connectivity index is 2.75. The summed E-state index contributed by atoms with van der Waals surface area (Å²) in [5, 5.41) is 11.8. The highest BCUT2D eigenvalue weighted by atomic mass is 16.3. The monoisotopic (exact) mass is 283 g/mol. The number of hydrogen-bond donors (Lipinski definition) is 1. The Kier molecular flexibility index (Phi) is 4.22. The summed E-state index contributed by atoms with van der Waals surface area (Å²) in [6, 6.07) is 18.0. The third-order valence-electron chi connectivity index (χ3n) is 4.73. The lowest BCUT2D eigenvalue weighted by Crippen LogP contribution is -2.57. The summed E-state index contributed by atoms with van der Waals surface area (Å²) in [4.78, 5) is 2.08. The summed E-state index contributed by atoms with van der Waals surface area (Å²) < 4.78 is 0. The van der Waals surface area contributed by atoms with E-state index < -0.39 is 11.1 Å². The number of rotatable bonds is 4. The molecule has 1 atom stereocenters. The maximum atomic E-state index is 11.8. The van der Waals surface area contributed by atoms with E-state index in [1.54, 1.807) is 0 Å². The number of likely N-dealkylation sites (N-methyl/N-ethyl adjacent to an activating group) is 1. The van der Waals surface area contributed by atoms with Crippen LogP contribution in [0.5, 0.6) is 0 Å². The van der Waals surface area contributed by atoms with Gasteiger partial charge in [0.15, 0.2) is 0 Å². The van der Waals surface area contributed by atoms with Gasteiger partial charge in [0.1, 0.15) is 5.60 Å². The predicted octanol–water partition coefficient (Wildman–Crippen LogP) is 3.57. The van der Waals surface area contributed by atoms with Crippen LogP contribution in [0.15, 0.2) is 54.6 Å².